The number of hydrogen-bond acceptors (Lipinski definition) is 1. The fourth-order valence-electron chi connectivity index (χ4n) is 2.53. The molecule has 1 N–H and O–H groups in total. The van der Waals surface area contributed by atoms with Crippen molar-refractivity contribution in [2.45, 2.75) is 57.9 Å². The molecule has 1 heteroatoms. The lowest BCUT2D eigenvalue weighted by molar-refractivity contribution is 0.414. The Morgan fingerprint density at radius 3 is 2.86 bits per heavy atom. The third kappa shape index (κ3) is 4.28. The molecule has 1 rings (SSSR count). The van der Waals surface area contributed by atoms with E-state index in [0.29, 0.717) is 0 Å². The molecule has 1 aliphatic carbocycles. The second-order valence-corrected chi connectivity index (χ2v) is 4.56. The minimum atomic E-state index is 0.759. The molecule has 1 saturated carbocycles. The molecule has 82 valence electrons. The van der Waals surface area contributed by atoms with Gasteiger partial charge in [0.2, 0.25) is 0 Å². The van der Waals surface area contributed by atoms with Crippen LogP contribution in [-0.4, -0.2) is 12.6 Å². The second kappa shape index (κ2) is 7.05. The van der Waals surface area contributed by atoms with Crippen LogP contribution in [0, 0.1) is 5.92 Å². The first-order chi connectivity index (χ1) is 6.86. The van der Waals surface area contributed by atoms with E-state index in [0.717, 1.165) is 18.5 Å². The first-order valence-corrected chi connectivity index (χ1v) is 6.21. The van der Waals surface area contributed by atoms with Crippen LogP contribution in [0.25, 0.3) is 0 Å². The molecule has 0 aliphatic heterocycles. The molecule has 2 atom stereocenters. The van der Waals surface area contributed by atoms with Gasteiger partial charge in [0.15, 0.2) is 0 Å². The van der Waals surface area contributed by atoms with Gasteiger partial charge in [-0.05, 0) is 25.2 Å². The van der Waals surface area contributed by atoms with Crippen LogP contribution in [0.15, 0.2) is 12.7 Å². The Morgan fingerprint density at radius 2 is 2.14 bits per heavy atom. The standard InChI is InChI=1S/C13H25N/c1-3-6-12-7-5-8-13(10-9-12)14-11-4-2/h4,12-14H,2-3,5-11H2,1H3. The highest BCUT2D eigenvalue weighted by molar-refractivity contribution is 4.78. The normalized spacial score (nSPS) is 28.4. The van der Waals surface area contributed by atoms with Crippen molar-refractivity contribution < 1.29 is 0 Å². The summed E-state index contributed by atoms with van der Waals surface area (Å²) in [7, 11) is 0. The molecule has 1 aliphatic rings. The topological polar surface area (TPSA) is 12.0 Å². The summed E-state index contributed by atoms with van der Waals surface area (Å²) in [4.78, 5) is 0. The third-order valence-corrected chi connectivity index (χ3v) is 3.34. The molecule has 0 aromatic heterocycles. The van der Waals surface area contributed by atoms with Crippen molar-refractivity contribution in [2.24, 2.45) is 5.92 Å². The van der Waals surface area contributed by atoms with Crippen LogP contribution in [0.2, 0.25) is 0 Å². The first-order valence-electron chi connectivity index (χ1n) is 6.21. The average Bonchev–Trinajstić information content (AvgIpc) is 2.41. The Labute approximate surface area is 89.0 Å². The van der Waals surface area contributed by atoms with Gasteiger partial charge in [-0.3, -0.25) is 0 Å². The van der Waals surface area contributed by atoms with Gasteiger partial charge in [0.1, 0.15) is 0 Å². The molecule has 0 aromatic carbocycles. The lowest BCUT2D eigenvalue weighted by Crippen LogP contribution is -2.28. The molecule has 0 amide bonds. The molecular weight excluding hydrogens is 170 g/mol. The maximum Gasteiger partial charge on any atom is 0.0134 e. The zero-order valence-electron chi connectivity index (χ0n) is 9.60. The van der Waals surface area contributed by atoms with Gasteiger partial charge in [-0.2, -0.15) is 0 Å². The maximum atomic E-state index is 3.75. The molecule has 0 spiro atoms. The van der Waals surface area contributed by atoms with E-state index in [2.05, 4.69) is 18.8 Å². The highest BCUT2D eigenvalue weighted by atomic mass is 14.9. The number of nitrogens with one attached hydrogen (secondary N) is 1. The molecule has 14 heavy (non-hydrogen) atoms. The summed E-state index contributed by atoms with van der Waals surface area (Å²) in [5, 5.41) is 3.56. The van der Waals surface area contributed by atoms with E-state index in [1.54, 1.807) is 0 Å². The van der Waals surface area contributed by atoms with Crippen LogP contribution in [0.4, 0.5) is 0 Å². The molecule has 1 fully saturated rings. The van der Waals surface area contributed by atoms with Crippen LogP contribution < -0.4 is 5.32 Å². The minimum absolute atomic E-state index is 0.759. The van der Waals surface area contributed by atoms with Gasteiger partial charge in [-0.25, -0.2) is 0 Å². The molecular formula is C13H25N. The van der Waals surface area contributed by atoms with E-state index in [1.165, 1.54) is 44.9 Å². The Hall–Kier alpha value is -0.300. The van der Waals surface area contributed by atoms with Crippen LogP contribution in [-0.2, 0) is 0 Å². The van der Waals surface area contributed by atoms with Crippen LogP contribution in [0.1, 0.15) is 51.9 Å². The van der Waals surface area contributed by atoms with Gasteiger partial charge in [-0.15, -0.1) is 6.58 Å². The fraction of sp³-hybridized carbons (Fsp3) is 0.846. The van der Waals surface area contributed by atoms with Crippen LogP contribution in [0.3, 0.4) is 0 Å². The molecule has 0 heterocycles. The van der Waals surface area contributed by atoms with Crippen molar-refractivity contribution >= 4 is 0 Å². The second-order valence-electron chi connectivity index (χ2n) is 4.56. The average molecular weight is 195 g/mol. The minimum Gasteiger partial charge on any atom is -0.311 e. The van der Waals surface area contributed by atoms with E-state index in [4.69, 9.17) is 0 Å². The number of hydrogen-bond donors (Lipinski definition) is 1. The summed E-state index contributed by atoms with van der Waals surface area (Å²) >= 11 is 0. The molecule has 0 aromatic rings. The van der Waals surface area contributed by atoms with Crippen molar-refractivity contribution in [2.75, 3.05) is 6.54 Å². The zero-order chi connectivity index (χ0) is 10.2. The van der Waals surface area contributed by atoms with Gasteiger partial charge < -0.3 is 5.32 Å². The van der Waals surface area contributed by atoms with Crippen LogP contribution >= 0.6 is 0 Å². The monoisotopic (exact) mass is 195 g/mol. The van der Waals surface area contributed by atoms with Gasteiger partial charge in [0.25, 0.3) is 0 Å². The Kier molecular flexibility index (Phi) is 5.93. The Morgan fingerprint density at radius 1 is 1.29 bits per heavy atom. The van der Waals surface area contributed by atoms with Crippen molar-refractivity contribution in [3.05, 3.63) is 12.7 Å². The summed E-state index contributed by atoms with van der Waals surface area (Å²) in [6.07, 6.45) is 11.8. The summed E-state index contributed by atoms with van der Waals surface area (Å²) in [5.74, 6) is 1.01. The predicted octanol–water partition coefficient (Wildman–Crippen LogP) is 3.51. The first kappa shape index (κ1) is 11.8. The number of rotatable bonds is 5. The summed E-state index contributed by atoms with van der Waals surface area (Å²) in [5.41, 5.74) is 0. The third-order valence-electron chi connectivity index (χ3n) is 3.34. The van der Waals surface area contributed by atoms with E-state index < -0.39 is 0 Å². The van der Waals surface area contributed by atoms with Crippen molar-refractivity contribution in [1.29, 1.82) is 0 Å². The molecule has 0 bridgehead atoms. The largest absolute Gasteiger partial charge is 0.311 e. The van der Waals surface area contributed by atoms with E-state index in [9.17, 15) is 0 Å². The highest BCUT2D eigenvalue weighted by Gasteiger charge is 2.17. The highest BCUT2D eigenvalue weighted by Crippen LogP contribution is 2.26. The zero-order valence-corrected chi connectivity index (χ0v) is 9.60. The molecule has 1 nitrogen and oxygen atoms in total. The van der Waals surface area contributed by atoms with E-state index in [1.807, 2.05) is 6.08 Å². The lowest BCUT2D eigenvalue weighted by Gasteiger charge is -2.15. The van der Waals surface area contributed by atoms with Gasteiger partial charge in [0, 0.05) is 12.6 Å². The van der Waals surface area contributed by atoms with E-state index >= 15 is 0 Å². The van der Waals surface area contributed by atoms with Crippen molar-refractivity contribution in [1.82, 2.24) is 5.32 Å². The Balaban J connectivity index is 2.22. The quantitative estimate of drug-likeness (QED) is 0.523. The predicted molar refractivity (Wildman–Crippen MR) is 63.5 cm³/mol. The molecule has 2 unspecified atom stereocenters. The van der Waals surface area contributed by atoms with Crippen LogP contribution in [0.5, 0.6) is 0 Å². The summed E-state index contributed by atoms with van der Waals surface area (Å²) < 4.78 is 0. The van der Waals surface area contributed by atoms with Gasteiger partial charge in [0.05, 0.1) is 0 Å². The molecule has 0 radical (unpaired) electrons. The van der Waals surface area contributed by atoms with Gasteiger partial charge >= 0.3 is 0 Å². The lowest BCUT2D eigenvalue weighted by atomic mass is 9.95. The summed E-state index contributed by atoms with van der Waals surface area (Å²) in [6, 6.07) is 0.759. The Bertz CT molecular complexity index is 153. The van der Waals surface area contributed by atoms with Gasteiger partial charge in [-0.1, -0.05) is 38.7 Å². The smallest absolute Gasteiger partial charge is 0.0134 e. The van der Waals surface area contributed by atoms with Crippen molar-refractivity contribution in [3.63, 3.8) is 0 Å². The maximum absolute atomic E-state index is 3.75. The van der Waals surface area contributed by atoms with E-state index in [-0.39, 0.29) is 0 Å². The summed E-state index contributed by atoms with van der Waals surface area (Å²) in [6.45, 7) is 7.03. The van der Waals surface area contributed by atoms with Crippen molar-refractivity contribution in [3.8, 4) is 0 Å². The SMILES string of the molecule is C=CCNC1CCCC(CCC)CC1. The molecule has 0 saturated heterocycles. The fourth-order valence-corrected chi connectivity index (χ4v) is 2.53.